The molecule has 0 aliphatic rings. The van der Waals surface area contributed by atoms with Crippen molar-refractivity contribution in [2.45, 2.75) is 11.8 Å². The van der Waals surface area contributed by atoms with Crippen LogP contribution in [0.5, 0.6) is 0 Å². The summed E-state index contributed by atoms with van der Waals surface area (Å²) < 4.78 is 29.8. The van der Waals surface area contributed by atoms with E-state index in [2.05, 4.69) is 0 Å². The average Bonchev–Trinajstić information content (AvgIpc) is 2.55. The van der Waals surface area contributed by atoms with Gasteiger partial charge in [0.1, 0.15) is 0 Å². The van der Waals surface area contributed by atoms with Gasteiger partial charge in [-0.15, -0.1) is 0 Å². The first kappa shape index (κ1) is 18.2. The van der Waals surface area contributed by atoms with Crippen LogP contribution in [0.15, 0.2) is 59.0 Å². The van der Waals surface area contributed by atoms with E-state index in [9.17, 15) is 13.2 Å². The predicted octanol–water partition coefficient (Wildman–Crippen LogP) is 3.68. The summed E-state index contributed by atoms with van der Waals surface area (Å²) in [6, 6.07) is 13.3. The van der Waals surface area contributed by atoms with Gasteiger partial charge in [0.05, 0.1) is 23.3 Å². The fourth-order valence-electron chi connectivity index (χ4n) is 2.10. The van der Waals surface area contributed by atoms with Gasteiger partial charge in [-0.1, -0.05) is 47.5 Å². The van der Waals surface area contributed by atoms with Gasteiger partial charge in [0, 0.05) is 5.02 Å². The molecule has 0 bridgehead atoms. The molecule has 0 aliphatic carbocycles. The van der Waals surface area contributed by atoms with Crippen molar-refractivity contribution in [1.82, 2.24) is 0 Å². The SMILES string of the molecule is COC(=O)/C(=C/c1ccccc1Cl)CS(=O)(=O)c1ccc(C)cc1. The Morgan fingerprint density at radius 3 is 2.33 bits per heavy atom. The first-order chi connectivity index (χ1) is 11.3. The first-order valence-electron chi connectivity index (χ1n) is 7.16. The summed E-state index contributed by atoms with van der Waals surface area (Å²) in [6.45, 7) is 1.87. The van der Waals surface area contributed by atoms with Gasteiger partial charge in [-0.3, -0.25) is 0 Å². The third-order valence-electron chi connectivity index (χ3n) is 3.41. The summed E-state index contributed by atoms with van der Waals surface area (Å²) in [5.41, 5.74) is 1.53. The van der Waals surface area contributed by atoms with E-state index in [1.807, 2.05) is 6.92 Å². The number of methoxy groups -OCH3 is 1. The fourth-order valence-corrected chi connectivity index (χ4v) is 3.62. The number of halogens is 1. The third-order valence-corrected chi connectivity index (χ3v) is 5.43. The van der Waals surface area contributed by atoms with E-state index in [-0.39, 0.29) is 10.5 Å². The van der Waals surface area contributed by atoms with E-state index in [0.717, 1.165) is 5.56 Å². The molecular weight excluding hydrogens is 348 g/mol. The second-order valence-electron chi connectivity index (χ2n) is 5.25. The molecule has 0 spiro atoms. The van der Waals surface area contributed by atoms with Gasteiger partial charge in [0.15, 0.2) is 9.84 Å². The molecule has 0 unspecified atom stereocenters. The van der Waals surface area contributed by atoms with Crippen LogP contribution < -0.4 is 0 Å². The van der Waals surface area contributed by atoms with Crippen molar-refractivity contribution in [2.24, 2.45) is 0 Å². The number of hydrogen-bond donors (Lipinski definition) is 0. The first-order valence-corrected chi connectivity index (χ1v) is 9.19. The molecule has 0 radical (unpaired) electrons. The standard InChI is InChI=1S/C18H17ClO4S/c1-13-7-9-16(10-8-13)24(21,22)12-15(18(20)23-2)11-14-5-3-4-6-17(14)19/h3-11H,12H2,1-2H3/b15-11+. The normalized spacial score (nSPS) is 12.0. The Balaban J connectivity index is 2.41. The van der Waals surface area contributed by atoms with Crippen LogP contribution >= 0.6 is 11.6 Å². The lowest BCUT2D eigenvalue weighted by molar-refractivity contribution is -0.135. The molecule has 6 heteroatoms. The molecule has 0 aromatic heterocycles. The molecule has 2 rings (SSSR count). The Morgan fingerprint density at radius 2 is 1.75 bits per heavy atom. The molecule has 0 amide bonds. The Morgan fingerprint density at radius 1 is 1.12 bits per heavy atom. The van der Waals surface area contributed by atoms with Gasteiger partial charge < -0.3 is 4.74 Å². The highest BCUT2D eigenvalue weighted by Crippen LogP contribution is 2.21. The molecule has 0 atom stereocenters. The van der Waals surface area contributed by atoms with Crippen LogP contribution in [0.1, 0.15) is 11.1 Å². The number of ether oxygens (including phenoxy) is 1. The molecule has 0 saturated carbocycles. The van der Waals surface area contributed by atoms with Gasteiger partial charge >= 0.3 is 5.97 Å². The number of sulfone groups is 1. The zero-order valence-electron chi connectivity index (χ0n) is 13.3. The van der Waals surface area contributed by atoms with Gasteiger partial charge in [0.25, 0.3) is 0 Å². The third kappa shape index (κ3) is 4.46. The zero-order valence-corrected chi connectivity index (χ0v) is 14.9. The maximum Gasteiger partial charge on any atom is 0.334 e. The van der Waals surface area contributed by atoms with Crippen LogP contribution in [0.4, 0.5) is 0 Å². The van der Waals surface area contributed by atoms with Gasteiger partial charge in [-0.2, -0.15) is 0 Å². The monoisotopic (exact) mass is 364 g/mol. The van der Waals surface area contributed by atoms with Crippen molar-refractivity contribution >= 4 is 33.5 Å². The smallest absolute Gasteiger partial charge is 0.334 e. The van der Waals surface area contributed by atoms with E-state index < -0.39 is 21.6 Å². The molecule has 0 aliphatic heterocycles. The maximum atomic E-state index is 12.6. The minimum atomic E-state index is -3.68. The molecule has 0 saturated heterocycles. The van der Waals surface area contributed by atoms with Crippen LogP contribution in [0.3, 0.4) is 0 Å². The summed E-state index contributed by atoms with van der Waals surface area (Å²) in [5, 5.41) is 0.423. The summed E-state index contributed by atoms with van der Waals surface area (Å²) in [4.78, 5) is 12.1. The molecule has 0 N–H and O–H groups in total. The number of carbonyl (C=O) groups is 1. The lowest BCUT2D eigenvalue weighted by atomic mass is 10.1. The second kappa shape index (κ2) is 7.64. The van der Waals surface area contributed by atoms with Gasteiger partial charge in [-0.25, -0.2) is 13.2 Å². The lowest BCUT2D eigenvalue weighted by Gasteiger charge is -2.08. The average molecular weight is 365 g/mol. The van der Waals surface area contributed by atoms with Crippen LogP contribution in [-0.4, -0.2) is 27.2 Å². The Bertz CT molecular complexity index is 868. The van der Waals surface area contributed by atoms with E-state index in [1.165, 1.54) is 25.3 Å². The van der Waals surface area contributed by atoms with Gasteiger partial charge in [-0.05, 0) is 36.8 Å². The van der Waals surface area contributed by atoms with Crippen LogP contribution in [-0.2, 0) is 19.4 Å². The zero-order chi connectivity index (χ0) is 17.7. The van der Waals surface area contributed by atoms with E-state index in [1.54, 1.807) is 36.4 Å². The summed E-state index contributed by atoms with van der Waals surface area (Å²) in [6.07, 6.45) is 1.44. The van der Waals surface area contributed by atoms with Crippen LogP contribution in [0.2, 0.25) is 5.02 Å². The predicted molar refractivity (Wildman–Crippen MR) is 94.7 cm³/mol. The van der Waals surface area contributed by atoms with Gasteiger partial charge in [0.2, 0.25) is 0 Å². The largest absolute Gasteiger partial charge is 0.466 e. The van der Waals surface area contributed by atoms with Crippen LogP contribution in [0, 0.1) is 6.92 Å². The maximum absolute atomic E-state index is 12.6. The van der Waals surface area contributed by atoms with Crippen molar-refractivity contribution in [3.05, 3.63) is 70.3 Å². The van der Waals surface area contributed by atoms with Crippen molar-refractivity contribution in [3.8, 4) is 0 Å². The minimum absolute atomic E-state index is 0.0196. The molecular formula is C18H17ClO4S. The quantitative estimate of drug-likeness (QED) is 0.599. The summed E-state index contributed by atoms with van der Waals surface area (Å²) in [7, 11) is -2.47. The second-order valence-corrected chi connectivity index (χ2v) is 7.65. The van der Waals surface area contributed by atoms with Crippen molar-refractivity contribution in [3.63, 3.8) is 0 Å². The highest BCUT2D eigenvalue weighted by molar-refractivity contribution is 7.91. The molecule has 2 aromatic rings. The Kier molecular flexibility index (Phi) is 5.80. The summed E-state index contributed by atoms with van der Waals surface area (Å²) in [5.74, 6) is -1.17. The Labute approximate surface area is 146 Å². The molecule has 0 fully saturated rings. The molecule has 0 heterocycles. The van der Waals surface area contributed by atoms with Crippen molar-refractivity contribution in [2.75, 3.05) is 12.9 Å². The fraction of sp³-hybridized carbons (Fsp3) is 0.167. The number of hydrogen-bond acceptors (Lipinski definition) is 4. The molecule has 2 aromatic carbocycles. The molecule has 4 nitrogen and oxygen atoms in total. The lowest BCUT2D eigenvalue weighted by Crippen LogP contribution is -2.16. The molecule has 24 heavy (non-hydrogen) atoms. The Hall–Kier alpha value is -2.11. The van der Waals surface area contributed by atoms with Crippen molar-refractivity contribution < 1.29 is 17.9 Å². The highest BCUT2D eigenvalue weighted by Gasteiger charge is 2.22. The van der Waals surface area contributed by atoms with Crippen molar-refractivity contribution in [1.29, 1.82) is 0 Å². The number of benzene rings is 2. The summed E-state index contributed by atoms with van der Waals surface area (Å²) >= 11 is 6.08. The number of carbonyl (C=O) groups excluding carboxylic acids is 1. The van der Waals surface area contributed by atoms with E-state index >= 15 is 0 Å². The minimum Gasteiger partial charge on any atom is -0.466 e. The van der Waals surface area contributed by atoms with E-state index in [0.29, 0.717) is 10.6 Å². The molecule has 126 valence electrons. The number of rotatable bonds is 5. The van der Waals surface area contributed by atoms with Crippen LogP contribution in [0.25, 0.3) is 6.08 Å². The highest BCUT2D eigenvalue weighted by atomic mass is 35.5. The number of esters is 1. The van der Waals surface area contributed by atoms with E-state index in [4.69, 9.17) is 16.3 Å². The topological polar surface area (TPSA) is 60.4 Å². The number of aryl methyl sites for hydroxylation is 1.